The molecule has 0 heterocycles. The number of hydrogen-bond donors (Lipinski definition) is 1. The molecule has 0 fully saturated rings. The summed E-state index contributed by atoms with van der Waals surface area (Å²) >= 11 is 0.107. The van der Waals surface area contributed by atoms with E-state index in [1.165, 1.54) is 23.7 Å². The standard InChI is InChI=1S/C6H14N.CH3.Sn/c1-3-4-5-6(2)7;;/h6H,1,3-5,7H2,2H3;1H3;/q;;+2. The Morgan fingerprint density at radius 2 is 2.11 bits per heavy atom. The SMILES string of the molecule is [CH3][Sn+2][CH2]CCCC(C)N. The van der Waals surface area contributed by atoms with E-state index >= 15 is 0 Å². The van der Waals surface area contributed by atoms with Gasteiger partial charge in [0.05, 0.1) is 0 Å². The van der Waals surface area contributed by atoms with Crippen LogP contribution in [0.4, 0.5) is 0 Å². The Labute approximate surface area is 68.6 Å². The second-order valence-electron chi connectivity index (χ2n) is 2.58. The van der Waals surface area contributed by atoms with Gasteiger partial charge in [-0.15, -0.1) is 0 Å². The van der Waals surface area contributed by atoms with E-state index in [9.17, 15) is 0 Å². The molecule has 0 aliphatic carbocycles. The zero-order valence-corrected chi connectivity index (χ0v) is 9.34. The summed E-state index contributed by atoms with van der Waals surface area (Å²) in [4.78, 5) is 2.40. The molecule has 9 heavy (non-hydrogen) atoms. The molecule has 1 nitrogen and oxygen atoms in total. The number of hydrogen-bond acceptors (Lipinski definition) is 1. The third-order valence-electron chi connectivity index (χ3n) is 1.34. The fourth-order valence-corrected chi connectivity index (χ4v) is 2.49. The first-order valence-corrected chi connectivity index (χ1v) is 8.54. The average Bonchev–Trinajstić information content (AvgIpc) is 1.80. The second kappa shape index (κ2) is 6.87. The number of rotatable bonds is 5. The van der Waals surface area contributed by atoms with Gasteiger partial charge >= 0.3 is 68.5 Å². The third-order valence-corrected chi connectivity index (χ3v) is 3.77. The fraction of sp³-hybridized carbons (Fsp3) is 1.00. The third kappa shape index (κ3) is 8.76. The molecule has 52 valence electrons. The molecule has 2 N–H and O–H groups in total. The van der Waals surface area contributed by atoms with Crippen LogP contribution in [0.15, 0.2) is 0 Å². The summed E-state index contributed by atoms with van der Waals surface area (Å²) in [5, 5.41) is 0. The molecule has 2 heteroatoms. The van der Waals surface area contributed by atoms with E-state index in [-0.39, 0.29) is 21.1 Å². The minimum atomic E-state index is 0.107. The van der Waals surface area contributed by atoms with Gasteiger partial charge in [0.2, 0.25) is 0 Å². The van der Waals surface area contributed by atoms with Crippen LogP contribution in [0.5, 0.6) is 0 Å². The van der Waals surface area contributed by atoms with E-state index in [4.69, 9.17) is 5.73 Å². The van der Waals surface area contributed by atoms with E-state index in [0.717, 1.165) is 0 Å². The van der Waals surface area contributed by atoms with Crippen LogP contribution in [-0.4, -0.2) is 27.2 Å². The minimum absolute atomic E-state index is 0.107. The summed E-state index contributed by atoms with van der Waals surface area (Å²) in [6, 6.07) is 0.423. The van der Waals surface area contributed by atoms with E-state index < -0.39 is 0 Å². The second-order valence-corrected chi connectivity index (χ2v) is 6.02. The summed E-state index contributed by atoms with van der Waals surface area (Å²) in [5.41, 5.74) is 5.59. The Kier molecular flexibility index (Phi) is 7.45. The maximum absolute atomic E-state index is 5.59. The van der Waals surface area contributed by atoms with Crippen molar-refractivity contribution in [2.24, 2.45) is 5.73 Å². The Bertz CT molecular complexity index is 54.9. The Balaban J connectivity index is 2.75. The predicted molar refractivity (Wildman–Crippen MR) is 43.9 cm³/mol. The van der Waals surface area contributed by atoms with E-state index in [1.807, 2.05) is 0 Å². The van der Waals surface area contributed by atoms with Crippen molar-refractivity contribution in [3.63, 3.8) is 0 Å². The first-order chi connectivity index (χ1) is 4.27. The normalized spacial score (nSPS) is 12.8. The van der Waals surface area contributed by atoms with Crippen LogP contribution in [0.1, 0.15) is 26.2 Å². The van der Waals surface area contributed by atoms with Gasteiger partial charge in [0.25, 0.3) is 0 Å². The summed E-state index contributed by atoms with van der Waals surface area (Å²) in [7, 11) is 0. The van der Waals surface area contributed by atoms with E-state index in [2.05, 4.69) is 11.9 Å². The van der Waals surface area contributed by atoms with Gasteiger partial charge in [-0.1, -0.05) is 0 Å². The van der Waals surface area contributed by atoms with Crippen LogP contribution in [0.3, 0.4) is 0 Å². The summed E-state index contributed by atoms with van der Waals surface area (Å²) in [5.74, 6) is 0. The van der Waals surface area contributed by atoms with Gasteiger partial charge in [-0.05, 0) is 0 Å². The molecule has 0 aromatic rings. The Morgan fingerprint density at radius 1 is 1.44 bits per heavy atom. The molecule has 0 amide bonds. The maximum atomic E-state index is 5.59. The van der Waals surface area contributed by atoms with Crippen molar-refractivity contribution < 1.29 is 0 Å². The van der Waals surface area contributed by atoms with Crippen LogP contribution >= 0.6 is 0 Å². The summed E-state index contributed by atoms with van der Waals surface area (Å²) in [6.07, 6.45) is 4.01. The van der Waals surface area contributed by atoms with Gasteiger partial charge in [-0.2, -0.15) is 0 Å². The monoisotopic (exact) mass is 235 g/mol. The topological polar surface area (TPSA) is 26.0 Å². The van der Waals surface area contributed by atoms with Gasteiger partial charge in [0.15, 0.2) is 0 Å². The molecule has 0 aliphatic heterocycles. The zero-order chi connectivity index (χ0) is 7.11. The van der Waals surface area contributed by atoms with E-state index in [0.29, 0.717) is 6.04 Å². The van der Waals surface area contributed by atoms with Crippen molar-refractivity contribution in [3.05, 3.63) is 0 Å². The molecule has 0 rings (SSSR count). The summed E-state index contributed by atoms with van der Waals surface area (Å²) < 4.78 is 1.54. The molecular weight excluding hydrogens is 217 g/mol. The molecule has 0 aromatic carbocycles. The van der Waals surface area contributed by atoms with Crippen molar-refractivity contribution >= 4 is 21.1 Å². The Morgan fingerprint density at radius 3 is 2.56 bits per heavy atom. The average molecular weight is 234 g/mol. The molecule has 1 unspecified atom stereocenters. The van der Waals surface area contributed by atoms with Crippen molar-refractivity contribution in [1.82, 2.24) is 0 Å². The molecule has 0 saturated heterocycles. The Hall–Kier alpha value is 0.759. The van der Waals surface area contributed by atoms with Crippen LogP contribution in [0.25, 0.3) is 0 Å². The molecule has 0 spiro atoms. The molecule has 0 radical (unpaired) electrons. The molecule has 0 bridgehead atoms. The van der Waals surface area contributed by atoms with Gasteiger partial charge in [0.1, 0.15) is 0 Å². The van der Waals surface area contributed by atoms with E-state index in [1.54, 1.807) is 0 Å². The van der Waals surface area contributed by atoms with Gasteiger partial charge in [-0.3, -0.25) is 0 Å². The molecule has 0 saturated carbocycles. The van der Waals surface area contributed by atoms with Crippen LogP contribution in [-0.2, 0) is 0 Å². The molecule has 0 aliphatic rings. The van der Waals surface area contributed by atoms with Crippen molar-refractivity contribution in [1.29, 1.82) is 0 Å². The first-order valence-electron chi connectivity index (χ1n) is 3.67. The number of nitrogens with two attached hydrogens (primary N) is 1. The number of unbranched alkanes of at least 4 members (excludes halogenated alkanes) is 1. The van der Waals surface area contributed by atoms with Gasteiger partial charge < -0.3 is 0 Å². The van der Waals surface area contributed by atoms with Crippen molar-refractivity contribution in [3.8, 4) is 0 Å². The molecule has 0 aromatic heterocycles. The van der Waals surface area contributed by atoms with Crippen LogP contribution in [0.2, 0.25) is 9.38 Å². The summed E-state index contributed by atoms with van der Waals surface area (Å²) in [6.45, 7) is 2.09. The predicted octanol–water partition coefficient (Wildman–Crippen LogP) is 1.67. The van der Waals surface area contributed by atoms with Crippen molar-refractivity contribution in [2.75, 3.05) is 0 Å². The van der Waals surface area contributed by atoms with Crippen molar-refractivity contribution in [2.45, 2.75) is 41.6 Å². The zero-order valence-electron chi connectivity index (χ0n) is 6.48. The van der Waals surface area contributed by atoms with Crippen LogP contribution < -0.4 is 5.73 Å². The molecular formula is C7H17NSn+2. The van der Waals surface area contributed by atoms with Gasteiger partial charge in [-0.25, -0.2) is 0 Å². The fourth-order valence-electron chi connectivity index (χ4n) is 0.768. The first kappa shape index (κ1) is 9.76. The molecule has 1 atom stereocenters. The van der Waals surface area contributed by atoms with Crippen LogP contribution in [0, 0.1) is 0 Å². The quantitative estimate of drug-likeness (QED) is 0.568. The van der Waals surface area contributed by atoms with Gasteiger partial charge in [0, 0.05) is 0 Å².